The minimum absolute atomic E-state index is 0.0658. The van der Waals surface area contributed by atoms with Crippen molar-refractivity contribution in [2.45, 2.75) is 5.92 Å². The minimum Gasteiger partial charge on any atom is -0.395 e. The molecule has 3 rings (SSSR count). The van der Waals surface area contributed by atoms with Gasteiger partial charge in [0.05, 0.1) is 46.9 Å². The largest absolute Gasteiger partial charge is 0.395 e. The van der Waals surface area contributed by atoms with Crippen LogP contribution < -0.4 is 4.90 Å². The lowest BCUT2D eigenvalue weighted by Crippen LogP contribution is -2.55. The highest BCUT2D eigenvalue weighted by atomic mass is 19.1. The summed E-state index contributed by atoms with van der Waals surface area (Å²) >= 11 is 0. The molecule has 1 aromatic heterocycles. The highest BCUT2D eigenvalue weighted by molar-refractivity contribution is 5.35. The van der Waals surface area contributed by atoms with E-state index >= 15 is 0 Å². The molecule has 0 bridgehead atoms. The molecule has 5 nitrogen and oxygen atoms in total. The predicted octanol–water partition coefficient (Wildman–Crippen LogP) is 1.64. The number of hydrogen-bond acceptors (Lipinski definition) is 4. The molecule has 1 saturated heterocycles. The van der Waals surface area contributed by atoms with Crippen molar-refractivity contribution in [2.24, 2.45) is 0 Å². The molecule has 1 unspecified atom stereocenters. The molecule has 1 fully saturated rings. The van der Waals surface area contributed by atoms with E-state index in [0.29, 0.717) is 0 Å². The van der Waals surface area contributed by atoms with Crippen molar-refractivity contribution >= 4 is 5.95 Å². The molecule has 1 N–H and O–H groups in total. The van der Waals surface area contributed by atoms with Crippen molar-refractivity contribution in [3.05, 3.63) is 53.6 Å². The summed E-state index contributed by atoms with van der Waals surface area (Å²) in [6.45, 7) is 3.95. The highest BCUT2D eigenvalue weighted by Crippen LogP contribution is 2.24. The van der Waals surface area contributed by atoms with Crippen molar-refractivity contribution in [1.82, 2.24) is 9.97 Å². The van der Waals surface area contributed by atoms with Gasteiger partial charge in [-0.15, -0.1) is 0 Å². The van der Waals surface area contributed by atoms with E-state index in [0.717, 1.165) is 47.7 Å². The van der Waals surface area contributed by atoms with Crippen LogP contribution in [0.25, 0.3) is 0 Å². The van der Waals surface area contributed by atoms with E-state index in [9.17, 15) is 9.50 Å². The van der Waals surface area contributed by atoms with Crippen LogP contribution in [0.15, 0.2) is 36.7 Å². The van der Waals surface area contributed by atoms with Crippen molar-refractivity contribution in [2.75, 3.05) is 51.8 Å². The van der Waals surface area contributed by atoms with Crippen LogP contribution in [0.1, 0.15) is 17.0 Å². The predicted molar refractivity (Wildman–Crippen MR) is 91.4 cm³/mol. The molecule has 1 aromatic carbocycles. The molecule has 0 saturated carbocycles. The monoisotopic (exact) mass is 331 g/mol. The Morgan fingerprint density at radius 1 is 1.08 bits per heavy atom. The summed E-state index contributed by atoms with van der Waals surface area (Å²) in [6.07, 6.45) is 3.53. The Morgan fingerprint density at radius 2 is 1.67 bits per heavy atom. The summed E-state index contributed by atoms with van der Waals surface area (Å²) in [6, 6.07) is 6.19. The molecule has 6 heteroatoms. The fourth-order valence-electron chi connectivity index (χ4n) is 2.98. The maximum atomic E-state index is 13.1. The van der Waals surface area contributed by atoms with E-state index < -0.39 is 0 Å². The zero-order chi connectivity index (χ0) is 17.2. The number of quaternary nitrogens is 1. The number of rotatable bonds is 4. The molecule has 24 heavy (non-hydrogen) atoms. The molecule has 1 aliphatic rings. The molecular weight excluding hydrogens is 307 g/mol. The molecule has 0 radical (unpaired) electrons. The summed E-state index contributed by atoms with van der Waals surface area (Å²) in [5.74, 6) is 0.208. The fourth-order valence-corrected chi connectivity index (χ4v) is 2.98. The summed E-state index contributed by atoms with van der Waals surface area (Å²) in [5.41, 5.74) is 1.69. The highest BCUT2D eigenvalue weighted by Gasteiger charge is 2.25. The maximum absolute atomic E-state index is 13.1. The van der Waals surface area contributed by atoms with Gasteiger partial charge >= 0.3 is 0 Å². The van der Waals surface area contributed by atoms with Gasteiger partial charge in [-0.25, -0.2) is 14.4 Å². The van der Waals surface area contributed by atoms with Gasteiger partial charge < -0.3 is 14.5 Å². The number of aromatic nitrogens is 2. The van der Waals surface area contributed by atoms with Gasteiger partial charge in [0, 0.05) is 18.3 Å². The van der Waals surface area contributed by atoms with Crippen LogP contribution in [-0.4, -0.2) is 66.4 Å². The normalized spacial score (nSPS) is 18.4. The number of anilines is 1. The third-order valence-corrected chi connectivity index (χ3v) is 4.75. The van der Waals surface area contributed by atoms with Crippen molar-refractivity contribution in [3.8, 4) is 0 Å². The van der Waals surface area contributed by atoms with Gasteiger partial charge in [-0.1, -0.05) is 12.1 Å². The minimum atomic E-state index is -0.284. The lowest BCUT2D eigenvalue weighted by atomic mass is 9.94. The van der Waals surface area contributed by atoms with Crippen molar-refractivity contribution < 1.29 is 14.0 Å². The number of halogens is 1. The standard InChI is InChI=1S/C18H24FN4O/c1-23(2)9-7-22(8-10-23)18-20-11-15(12-21-18)17(13-24)14-3-5-16(19)6-4-14/h3-6,11-12,17,24H,7-10,13H2,1-2H3/q+1. The van der Waals surface area contributed by atoms with Crippen LogP contribution in [0.2, 0.25) is 0 Å². The number of nitrogens with zero attached hydrogens (tertiary/aromatic N) is 4. The molecule has 2 heterocycles. The number of piperazine rings is 1. The van der Waals surface area contributed by atoms with E-state index in [4.69, 9.17) is 0 Å². The lowest BCUT2D eigenvalue weighted by Gasteiger charge is -2.39. The van der Waals surface area contributed by atoms with Crippen LogP contribution in [0.4, 0.5) is 10.3 Å². The second-order valence-electron chi connectivity index (χ2n) is 6.97. The average molecular weight is 331 g/mol. The zero-order valence-corrected chi connectivity index (χ0v) is 14.2. The lowest BCUT2D eigenvalue weighted by molar-refractivity contribution is -0.890. The molecule has 0 aliphatic carbocycles. The Hall–Kier alpha value is -2.05. The molecular formula is C18H24FN4O+. The van der Waals surface area contributed by atoms with Crippen LogP contribution in [0, 0.1) is 5.82 Å². The van der Waals surface area contributed by atoms with Gasteiger partial charge in [0.1, 0.15) is 5.82 Å². The third-order valence-electron chi connectivity index (χ3n) is 4.75. The molecule has 2 aromatic rings. The van der Waals surface area contributed by atoms with Gasteiger partial charge in [0.15, 0.2) is 0 Å². The summed E-state index contributed by atoms with van der Waals surface area (Å²) < 4.78 is 14.1. The Kier molecular flexibility index (Phi) is 4.78. The van der Waals surface area contributed by atoms with E-state index in [1.807, 2.05) is 0 Å². The van der Waals surface area contributed by atoms with Crippen LogP contribution in [0.3, 0.4) is 0 Å². The summed E-state index contributed by atoms with van der Waals surface area (Å²) in [7, 11) is 4.46. The Bertz CT molecular complexity index is 662. The Morgan fingerprint density at radius 3 is 2.21 bits per heavy atom. The number of aliphatic hydroxyl groups excluding tert-OH is 1. The Balaban J connectivity index is 1.74. The van der Waals surface area contributed by atoms with E-state index in [-0.39, 0.29) is 18.3 Å². The van der Waals surface area contributed by atoms with E-state index in [1.54, 1.807) is 24.5 Å². The van der Waals surface area contributed by atoms with Gasteiger partial charge in [-0.2, -0.15) is 0 Å². The van der Waals surface area contributed by atoms with Gasteiger partial charge in [-0.05, 0) is 23.3 Å². The fraction of sp³-hybridized carbons (Fsp3) is 0.444. The number of likely N-dealkylation sites (N-methyl/N-ethyl adjacent to an activating group) is 1. The molecule has 1 aliphatic heterocycles. The first-order valence-corrected chi connectivity index (χ1v) is 8.24. The van der Waals surface area contributed by atoms with Crippen molar-refractivity contribution in [1.29, 1.82) is 0 Å². The zero-order valence-electron chi connectivity index (χ0n) is 14.2. The quantitative estimate of drug-likeness (QED) is 0.866. The first-order chi connectivity index (χ1) is 11.5. The summed E-state index contributed by atoms with van der Waals surface area (Å²) in [4.78, 5) is 11.2. The van der Waals surface area contributed by atoms with Gasteiger partial charge in [0.2, 0.25) is 5.95 Å². The smallest absolute Gasteiger partial charge is 0.225 e. The van der Waals surface area contributed by atoms with Gasteiger partial charge in [0.25, 0.3) is 0 Å². The topological polar surface area (TPSA) is 49.2 Å². The summed E-state index contributed by atoms with van der Waals surface area (Å²) in [5, 5.41) is 9.72. The van der Waals surface area contributed by atoms with Crippen LogP contribution in [-0.2, 0) is 0 Å². The van der Waals surface area contributed by atoms with Crippen LogP contribution >= 0.6 is 0 Å². The average Bonchev–Trinajstić information content (AvgIpc) is 2.58. The third kappa shape index (κ3) is 3.71. The number of hydrogen-bond donors (Lipinski definition) is 1. The van der Waals surface area contributed by atoms with Crippen molar-refractivity contribution in [3.63, 3.8) is 0 Å². The molecule has 1 atom stereocenters. The van der Waals surface area contributed by atoms with E-state index in [1.165, 1.54) is 12.1 Å². The first kappa shape index (κ1) is 16.8. The molecule has 0 spiro atoms. The maximum Gasteiger partial charge on any atom is 0.225 e. The number of aliphatic hydroxyl groups is 1. The Labute approximate surface area is 142 Å². The van der Waals surface area contributed by atoms with Gasteiger partial charge in [-0.3, -0.25) is 0 Å². The van der Waals surface area contributed by atoms with E-state index in [2.05, 4.69) is 29.0 Å². The SMILES string of the molecule is C[N+]1(C)CCN(c2ncc(C(CO)c3ccc(F)cc3)cn2)CC1. The molecule has 128 valence electrons. The molecule has 0 amide bonds. The first-order valence-electron chi connectivity index (χ1n) is 8.24. The second-order valence-corrected chi connectivity index (χ2v) is 6.97. The second kappa shape index (κ2) is 6.83. The number of benzene rings is 1. The van der Waals surface area contributed by atoms with Crippen LogP contribution in [0.5, 0.6) is 0 Å².